The third-order valence-electron chi connectivity index (χ3n) is 3.16. The molecule has 2 aromatic heterocycles. The SMILES string of the molecule is Cc1ccc(-c2nc(SCC(=O)NCc3cccs3)n[nH]2)cc1. The molecule has 0 bridgehead atoms. The molecule has 3 aromatic rings. The second-order valence-corrected chi connectivity index (χ2v) is 6.95. The lowest BCUT2D eigenvalue weighted by Gasteiger charge is -2.01. The molecule has 0 fully saturated rings. The molecule has 0 unspecified atom stereocenters. The number of thiophene rings is 1. The summed E-state index contributed by atoms with van der Waals surface area (Å²) in [5.74, 6) is 0.993. The number of thioether (sulfide) groups is 1. The molecule has 118 valence electrons. The van der Waals surface area contributed by atoms with Crippen molar-refractivity contribution in [2.45, 2.75) is 18.6 Å². The van der Waals surface area contributed by atoms with Crippen molar-refractivity contribution in [2.75, 3.05) is 5.75 Å². The maximum Gasteiger partial charge on any atom is 0.230 e. The summed E-state index contributed by atoms with van der Waals surface area (Å²) in [6.45, 7) is 2.61. The van der Waals surface area contributed by atoms with Gasteiger partial charge in [-0.2, -0.15) is 0 Å². The van der Waals surface area contributed by atoms with Crippen LogP contribution in [0.5, 0.6) is 0 Å². The van der Waals surface area contributed by atoms with Crippen molar-refractivity contribution in [3.05, 3.63) is 52.2 Å². The molecule has 3 rings (SSSR count). The van der Waals surface area contributed by atoms with Crippen molar-refractivity contribution in [3.63, 3.8) is 0 Å². The molecule has 1 amide bonds. The highest BCUT2D eigenvalue weighted by molar-refractivity contribution is 7.99. The van der Waals surface area contributed by atoms with Crippen molar-refractivity contribution >= 4 is 29.0 Å². The van der Waals surface area contributed by atoms with E-state index in [1.165, 1.54) is 17.3 Å². The lowest BCUT2D eigenvalue weighted by atomic mass is 10.1. The van der Waals surface area contributed by atoms with E-state index >= 15 is 0 Å². The fraction of sp³-hybridized carbons (Fsp3) is 0.188. The van der Waals surface area contributed by atoms with Gasteiger partial charge in [-0.15, -0.1) is 16.4 Å². The average Bonchev–Trinajstić information content (AvgIpc) is 3.23. The first-order valence-electron chi connectivity index (χ1n) is 7.12. The van der Waals surface area contributed by atoms with E-state index in [4.69, 9.17) is 0 Å². The normalized spacial score (nSPS) is 10.7. The van der Waals surface area contributed by atoms with Gasteiger partial charge in [0.15, 0.2) is 5.82 Å². The lowest BCUT2D eigenvalue weighted by Crippen LogP contribution is -2.24. The number of carbonyl (C=O) groups is 1. The number of carbonyl (C=O) groups excluding carboxylic acids is 1. The van der Waals surface area contributed by atoms with Gasteiger partial charge in [-0.05, 0) is 18.4 Å². The maximum absolute atomic E-state index is 11.8. The van der Waals surface area contributed by atoms with Gasteiger partial charge < -0.3 is 5.32 Å². The molecule has 2 N–H and O–H groups in total. The van der Waals surface area contributed by atoms with Gasteiger partial charge in [0.1, 0.15) is 0 Å². The number of hydrogen-bond acceptors (Lipinski definition) is 5. The Balaban J connectivity index is 1.50. The van der Waals surface area contributed by atoms with Crippen LogP contribution in [0.1, 0.15) is 10.4 Å². The van der Waals surface area contributed by atoms with E-state index in [1.54, 1.807) is 11.3 Å². The lowest BCUT2D eigenvalue weighted by molar-refractivity contribution is -0.118. The minimum absolute atomic E-state index is 0.0231. The first-order valence-corrected chi connectivity index (χ1v) is 8.98. The average molecular weight is 344 g/mol. The molecular weight excluding hydrogens is 328 g/mol. The van der Waals surface area contributed by atoms with Crippen LogP contribution in [0.15, 0.2) is 46.9 Å². The zero-order valence-electron chi connectivity index (χ0n) is 12.6. The first-order chi connectivity index (χ1) is 11.2. The van der Waals surface area contributed by atoms with Crippen LogP contribution < -0.4 is 5.32 Å². The Kier molecular flexibility index (Phi) is 5.09. The number of amides is 1. The summed E-state index contributed by atoms with van der Waals surface area (Å²) in [5, 5.41) is 12.5. The van der Waals surface area contributed by atoms with E-state index in [0.717, 1.165) is 10.4 Å². The fourth-order valence-electron chi connectivity index (χ4n) is 1.93. The van der Waals surface area contributed by atoms with Gasteiger partial charge >= 0.3 is 0 Å². The monoisotopic (exact) mass is 344 g/mol. The quantitative estimate of drug-likeness (QED) is 0.674. The van der Waals surface area contributed by atoms with E-state index in [9.17, 15) is 4.79 Å². The van der Waals surface area contributed by atoms with Crippen LogP contribution >= 0.6 is 23.1 Å². The number of nitrogens with one attached hydrogen (secondary N) is 2. The fourth-order valence-corrected chi connectivity index (χ4v) is 3.20. The molecule has 2 heterocycles. The zero-order valence-corrected chi connectivity index (χ0v) is 14.2. The molecule has 0 aliphatic rings. The third kappa shape index (κ3) is 4.43. The topological polar surface area (TPSA) is 70.7 Å². The van der Waals surface area contributed by atoms with E-state index in [0.29, 0.717) is 23.3 Å². The number of rotatable bonds is 6. The minimum atomic E-state index is -0.0231. The van der Waals surface area contributed by atoms with Gasteiger partial charge in [0.2, 0.25) is 11.1 Å². The molecule has 0 radical (unpaired) electrons. The van der Waals surface area contributed by atoms with Crippen molar-refractivity contribution in [1.82, 2.24) is 20.5 Å². The van der Waals surface area contributed by atoms with Crippen molar-refractivity contribution in [2.24, 2.45) is 0 Å². The summed E-state index contributed by atoms with van der Waals surface area (Å²) >= 11 is 2.95. The van der Waals surface area contributed by atoms with Crippen molar-refractivity contribution in [3.8, 4) is 11.4 Å². The smallest absolute Gasteiger partial charge is 0.230 e. The second kappa shape index (κ2) is 7.43. The Labute approximate surface area is 142 Å². The van der Waals surface area contributed by atoms with Crippen LogP contribution in [0.25, 0.3) is 11.4 Å². The van der Waals surface area contributed by atoms with E-state index in [1.807, 2.05) is 48.7 Å². The van der Waals surface area contributed by atoms with E-state index in [2.05, 4.69) is 20.5 Å². The summed E-state index contributed by atoms with van der Waals surface area (Å²) in [4.78, 5) is 17.4. The van der Waals surface area contributed by atoms with Gasteiger partial charge in [0, 0.05) is 10.4 Å². The Morgan fingerprint density at radius 1 is 1.30 bits per heavy atom. The number of nitrogens with zero attached hydrogens (tertiary/aromatic N) is 2. The van der Waals surface area contributed by atoms with Crippen LogP contribution in [-0.4, -0.2) is 26.8 Å². The van der Waals surface area contributed by atoms with Gasteiger partial charge in [0.05, 0.1) is 12.3 Å². The maximum atomic E-state index is 11.8. The number of H-pyrrole nitrogens is 1. The second-order valence-electron chi connectivity index (χ2n) is 4.98. The number of aromatic nitrogens is 3. The molecule has 0 spiro atoms. The Hall–Kier alpha value is -2.12. The van der Waals surface area contributed by atoms with Crippen LogP contribution in [0.2, 0.25) is 0 Å². The highest BCUT2D eigenvalue weighted by atomic mass is 32.2. The molecule has 0 saturated heterocycles. The van der Waals surface area contributed by atoms with E-state index < -0.39 is 0 Å². The van der Waals surface area contributed by atoms with Gasteiger partial charge in [-0.3, -0.25) is 9.89 Å². The van der Waals surface area contributed by atoms with Crippen molar-refractivity contribution < 1.29 is 4.79 Å². The Morgan fingerprint density at radius 2 is 2.13 bits per heavy atom. The molecule has 0 saturated carbocycles. The third-order valence-corrected chi connectivity index (χ3v) is 4.89. The highest BCUT2D eigenvalue weighted by Gasteiger charge is 2.09. The molecular formula is C16H16N4OS2. The summed E-state index contributed by atoms with van der Waals surface area (Å²) in [6.07, 6.45) is 0. The number of hydrogen-bond donors (Lipinski definition) is 2. The van der Waals surface area contributed by atoms with Crippen LogP contribution in [-0.2, 0) is 11.3 Å². The highest BCUT2D eigenvalue weighted by Crippen LogP contribution is 2.19. The predicted molar refractivity (Wildman–Crippen MR) is 93.4 cm³/mol. The number of aromatic amines is 1. The predicted octanol–water partition coefficient (Wildman–Crippen LogP) is 3.25. The largest absolute Gasteiger partial charge is 0.350 e. The van der Waals surface area contributed by atoms with Gasteiger partial charge in [0.25, 0.3) is 0 Å². The summed E-state index contributed by atoms with van der Waals surface area (Å²) < 4.78 is 0. The molecule has 5 nitrogen and oxygen atoms in total. The van der Waals surface area contributed by atoms with Crippen LogP contribution in [0.3, 0.4) is 0 Å². The molecule has 7 heteroatoms. The summed E-state index contributed by atoms with van der Waals surface area (Å²) in [7, 11) is 0. The molecule has 1 aromatic carbocycles. The minimum Gasteiger partial charge on any atom is -0.350 e. The van der Waals surface area contributed by atoms with Crippen molar-refractivity contribution in [1.29, 1.82) is 0 Å². The summed E-state index contributed by atoms with van der Waals surface area (Å²) in [6, 6.07) is 12.0. The molecule has 0 atom stereocenters. The Morgan fingerprint density at radius 3 is 2.87 bits per heavy atom. The van der Waals surface area contributed by atoms with Crippen LogP contribution in [0.4, 0.5) is 0 Å². The molecule has 0 aliphatic carbocycles. The van der Waals surface area contributed by atoms with E-state index in [-0.39, 0.29) is 5.91 Å². The number of benzene rings is 1. The van der Waals surface area contributed by atoms with Crippen LogP contribution in [0, 0.1) is 6.92 Å². The van der Waals surface area contributed by atoms with Gasteiger partial charge in [-0.1, -0.05) is 47.7 Å². The first kappa shape index (κ1) is 15.8. The number of aryl methyl sites for hydroxylation is 1. The Bertz CT molecular complexity index is 766. The molecule has 0 aliphatic heterocycles. The molecule has 23 heavy (non-hydrogen) atoms. The van der Waals surface area contributed by atoms with Gasteiger partial charge in [-0.25, -0.2) is 4.98 Å². The zero-order chi connectivity index (χ0) is 16.1. The summed E-state index contributed by atoms with van der Waals surface area (Å²) in [5.41, 5.74) is 2.18. The standard InChI is InChI=1S/C16H16N4OS2/c1-11-4-6-12(7-5-11)15-18-16(20-19-15)23-10-14(21)17-9-13-3-2-8-22-13/h2-8H,9-10H2,1H3,(H,17,21)(H,18,19,20).